The highest BCUT2D eigenvalue weighted by atomic mass is 32.2. The second kappa shape index (κ2) is 7.68. The molecule has 9 heteroatoms. The van der Waals surface area contributed by atoms with Crippen molar-refractivity contribution in [3.8, 4) is 22.7 Å². The molecule has 0 spiro atoms. The first kappa shape index (κ1) is 18.4. The molecule has 3 aromatic heterocycles. The Labute approximate surface area is 175 Å². The van der Waals surface area contributed by atoms with E-state index in [9.17, 15) is 9.59 Å². The summed E-state index contributed by atoms with van der Waals surface area (Å²) in [6, 6.07) is 12.3. The topological polar surface area (TPSA) is 95.0 Å². The van der Waals surface area contributed by atoms with E-state index in [1.807, 2.05) is 24.3 Å². The minimum Gasteiger partial charge on any atom is -0.463 e. The molecule has 0 saturated carbocycles. The fraction of sp³-hybridized carbons (Fsp3) is 0.143. The van der Waals surface area contributed by atoms with Gasteiger partial charge in [-0.25, -0.2) is 9.97 Å². The highest BCUT2D eigenvalue weighted by Gasteiger charge is 2.15. The van der Waals surface area contributed by atoms with Crippen LogP contribution in [0.1, 0.15) is 0 Å². The van der Waals surface area contributed by atoms with E-state index >= 15 is 0 Å². The van der Waals surface area contributed by atoms with Gasteiger partial charge in [-0.05, 0) is 24.3 Å². The van der Waals surface area contributed by atoms with E-state index in [4.69, 9.17) is 4.42 Å². The molecule has 30 heavy (non-hydrogen) atoms. The minimum atomic E-state index is -0.326. The largest absolute Gasteiger partial charge is 0.463 e. The van der Waals surface area contributed by atoms with Gasteiger partial charge < -0.3 is 14.3 Å². The highest BCUT2D eigenvalue weighted by molar-refractivity contribution is 7.99. The zero-order valence-corrected chi connectivity index (χ0v) is 16.6. The summed E-state index contributed by atoms with van der Waals surface area (Å²) in [6.45, 7) is 0.856. The number of fused-ring (bicyclic) bond motifs is 1. The van der Waals surface area contributed by atoms with Gasteiger partial charge in [-0.2, -0.15) is 0 Å². The maximum atomic E-state index is 12.4. The molecule has 1 aliphatic rings. The Hall–Kier alpha value is -3.59. The predicted molar refractivity (Wildman–Crippen MR) is 113 cm³/mol. The fourth-order valence-electron chi connectivity index (χ4n) is 3.23. The van der Waals surface area contributed by atoms with E-state index < -0.39 is 0 Å². The highest BCUT2D eigenvalue weighted by Crippen LogP contribution is 2.29. The SMILES string of the molecule is O=C(Cn1cnc(-c2ccco2)cc1=O)Nc1ccc(-c2cn3c(n2)SCC3)cc1. The van der Waals surface area contributed by atoms with Crippen LogP contribution in [-0.2, 0) is 17.9 Å². The molecule has 150 valence electrons. The van der Waals surface area contributed by atoms with Crippen molar-refractivity contribution < 1.29 is 9.21 Å². The quantitative estimate of drug-likeness (QED) is 0.534. The summed E-state index contributed by atoms with van der Waals surface area (Å²) >= 11 is 1.75. The van der Waals surface area contributed by atoms with Crippen molar-refractivity contribution in [3.63, 3.8) is 0 Å². The van der Waals surface area contributed by atoms with Gasteiger partial charge in [0.1, 0.15) is 12.2 Å². The molecule has 4 aromatic rings. The van der Waals surface area contributed by atoms with Crippen molar-refractivity contribution >= 4 is 23.4 Å². The Bertz CT molecular complexity index is 1240. The number of carbonyl (C=O) groups excluding carboxylic acids is 1. The Morgan fingerprint density at radius 1 is 1.20 bits per heavy atom. The Morgan fingerprint density at radius 3 is 2.80 bits per heavy atom. The van der Waals surface area contributed by atoms with Crippen molar-refractivity contribution in [3.05, 3.63) is 71.6 Å². The van der Waals surface area contributed by atoms with Crippen LogP contribution in [0.5, 0.6) is 0 Å². The van der Waals surface area contributed by atoms with Gasteiger partial charge in [-0.1, -0.05) is 23.9 Å². The van der Waals surface area contributed by atoms with Gasteiger partial charge in [0.15, 0.2) is 10.9 Å². The van der Waals surface area contributed by atoms with Gasteiger partial charge in [0.2, 0.25) is 5.91 Å². The van der Waals surface area contributed by atoms with Crippen molar-refractivity contribution in [2.75, 3.05) is 11.1 Å². The van der Waals surface area contributed by atoms with Crippen molar-refractivity contribution in [1.82, 2.24) is 19.1 Å². The predicted octanol–water partition coefficient (Wildman–Crippen LogP) is 3.11. The first-order valence-corrected chi connectivity index (χ1v) is 10.3. The molecule has 5 rings (SSSR count). The third kappa shape index (κ3) is 3.67. The normalized spacial score (nSPS) is 12.7. The number of thioether (sulfide) groups is 1. The number of imidazole rings is 1. The zero-order valence-electron chi connectivity index (χ0n) is 15.8. The zero-order chi connectivity index (χ0) is 20.5. The summed E-state index contributed by atoms with van der Waals surface area (Å²) in [7, 11) is 0. The van der Waals surface area contributed by atoms with Crippen LogP contribution in [0.4, 0.5) is 5.69 Å². The molecule has 4 heterocycles. The number of nitrogens with zero attached hydrogens (tertiary/aromatic N) is 4. The molecule has 1 aromatic carbocycles. The number of aryl methyl sites for hydroxylation is 1. The van der Waals surface area contributed by atoms with E-state index in [-0.39, 0.29) is 18.0 Å². The number of benzene rings is 1. The lowest BCUT2D eigenvalue weighted by Gasteiger charge is -2.08. The van der Waals surface area contributed by atoms with E-state index in [0.29, 0.717) is 17.1 Å². The Balaban J connectivity index is 1.25. The van der Waals surface area contributed by atoms with Gasteiger partial charge in [-0.15, -0.1) is 0 Å². The first-order valence-electron chi connectivity index (χ1n) is 9.36. The molecule has 1 aliphatic heterocycles. The minimum absolute atomic E-state index is 0.128. The number of hydrogen-bond acceptors (Lipinski definition) is 6. The summed E-state index contributed by atoms with van der Waals surface area (Å²) in [4.78, 5) is 33.5. The molecule has 1 amide bonds. The van der Waals surface area contributed by atoms with Crippen LogP contribution in [0.25, 0.3) is 22.7 Å². The molecule has 0 unspecified atom stereocenters. The molecular formula is C21H17N5O3S. The Morgan fingerprint density at radius 2 is 2.07 bits per heavy atom. The monoisotopic (exact) mass is 419 g/mol. The summed E-state index contributed by atoms with van der Waals surface area (Å²) in [5.74, 6) is 1.26. The molecule has 0 aliphatic carbocycles. The van der Waals surface area contributed by atoms with E-state index in [2.05, 4.69) is 26.0 Å². The molecular weight excluding hydrogens is 402 g/mol. The van der Waals surface area contributed by atoms with Gasteiger partial charge >= 0.3 is 0 Å². The fourth-order valence-corrected chi connectivity index (χ4v) is 4.18. The standard InChI is InChI=1S/C21H17N5O3S/c27-19(12-26-13-22-16(10-20(26)28)18-2-1-8-29-18)23-15-5-3-14(4-6-15)17-11-25-7-9-30-21(25)24-17/h1-6,8,10-11,13H,7,9,12H2,(H,23,27). The summed E-state index contributed by atoms with van der Waals surface area (Å²) < 4.78 is 8.64. The van der Waals surface area contributed by atoms with Crippen molar-refractivity contribution in [1.29, 1.82) is 0 Å². The van der Waals surface area contributed by atoms with E-state index in [0.717, 1.165) is 28.7 Å². The number of carbonyl (C=O) groups is 1. The van der Waals surface area contributed by atoms with Crippen molar-refractivity contribution in [2.45, 2.75) is 18.2 Å². The summed E-state index contributed by atoms with van der Waals surface area (Å²) in [5, 5.41) is 3.84. The van der Waals surface area contributed by atoms with Crippen LogP contribution < -0.4 is 10.9 Å². The van der Waals surface area contributed by atoms with Crippen LogP contribution in [0.15, 0.2) is 75.6 Å². The molecule has 0 atom stereocenters. The number of amides is 1. The average Bonchev–Trinajstić information content (AvgIpc) is 3.48. The lowest BCUT2D eigenvalue weighted by Crippen LogP contribution is -2.27. The molecule has 0 saturated heterocycles. The molecule has 8 nitrogen and oxygen atoms in total. The lowest BCUT2D eigenvalue weighted by atomic mass is 10.1. The van der Waals surface area contributed by atoms with E-state index in [1.54, 1.807) is 23.9 Å². The summed E-state index contributed by atoms with van der Waals surface area (Å²) in [5.41, 5.74) is 2.67. The maximum Gasteiger partial charge on any atom is 0.254 e. The summed E-state index contributed by atoms with van der Waals surface area (Å²) in [6.07, 6.45) is 4.91. The molecule has 0 radical (unpaired) electrons. The lowest BCUT2D eigenvalue weighted by molar-refractivity contribution is -0.116. The van der Waals surface area contributed by atoms with Gasteiger partial charge in [0.05, 0.1) is 18.3 Å². The maximum absolute atomic E-state index is 12.4. The van der Waals surface area contributed by atoms with Gasteiger partial charge in [-0.3, -0.25) is 14.2 Å². The van der Waals surface area contributed by atoms with Crippen LogP contribution in [-0.4, -0.2) is 30.8 Å². The first-order chi connectivity index (χ1) is 14.7. The van der Waals surface area contributed by atoms with Crippen LogP contribution >= 0.6 is 11.8 Å². The Kier molecular flexibility index (Phi) is 4.72. The second-order valence-corrected chi connectivity index (χ2v) is 7.86. The molecule has 0 fully saturated rings. The number of anilines is 1. The third-order valence-corrected chi connectivity index (χ3v) is 5.71. The van der Waals surface area contributed by atoms with E-state index in [1.165, 1.54) is 23.2 Å². The van der Waals surface area contributed by atoms with Gasteiger partial charge in [0, 0.05) is 35.8 Å². The third-order valence-electron chi connectivity index (χ3n) is 4.73. The van der Waals surface area contributed by atoms with Gasteiger partial charge in [0.25, 0.3) is 5.56 Å². The number of nitrogens with one attached hydrogen (secondary N) is 1. The molecule has 1 N–H and O–H groups in total. The number of hydrogen-bond donors (Lipinski definition) is 1. The number of aromatic nitrogens is 4. The van der Waals surface area contributed by atoms with Crippen LogP contribution in [0, 0.1) is 0 Å². The molecule has 0 bridgehead atoms. The van der Waals surface area contributed by atoms with Crippen LogP contribution in [0.2, 0.25) is 0 Å². The van der Waals surface area contributed by atoms with Crippen molar-refractivity contribution in [2.24, 2.45) is 0 Å². The van der Waals surface area contributed by atoms with Crippen LogP contribution in [0.3, 0.4) is 0 Å². The smallest absolute Gasteiger partial charge is 0.254 e. The average molecular weight is 419 g/mol. The number of rotatable bonds is 5. The number of furan rings is 1. The second-order valence-electron chi connectivity index (χ2n) is 6.79.